The van der Waals surface area contributed by atoms with Crippen LogP contribution in [-0.2, 0) is 4.79 Å². The van der Waals surface area contributed by atoms with Gasteiger partial charge in [-0.1, -0.05) is 11.6 Å². The fourth-order valence-electron chi connectivity index (χ4n) is 3.02. The molecule has 2 amide bonds. The van der Waals surface area contributed by atoms with Crippen LogP contribution < -0.4 is 5.32 Å². The molecular weight excluding hydrogens is 350 g/mol. The summed E-state index contributed by atoms with van der Waals surface area (Å²) in [7, 11) is 0. The predicted octanol–water partition coefficient (Wildman–Crippen LogP) is 3.70. The maximum Gasteiger partial charge on any atom is 0.253 e. The number of carbonyl (C=O) groups excluding carboxylic acids is 2. The van der Waals surface area contributed by atoms with Crippen LogP contribution in [-0.4, -0.2) is 29.8 Å². The topological polar surface area (TPSA) is 73.2 Å². The van der Waals surface area contributed by atoms with Gasteiger partial charge in [0.05, 0.1) is 17.6 Å². The average molecular weight is 368 g/mol. The Morgan fingerprint density at radius 1 is 1.12 bits per heavy atom. The molecule has 1 heterocycles. The van der Waals surface area contributed by atoms with Crippen molar-refractivity contribution in [2.45, 2.75) is 12.8 Å². The Kier molecular flexibility index (Phi) is 5.55. The predicted molar refractivity (Wildman–Crippen MR) is 99.9 cm³/mol. The number of halogens is 1. The van der Waals surface area contributed by atoms with E-state index in [1.54, 1.807) is 53.4 Å². The van der Waals surface area contributed by atoms with Crippen molar-refractivity contribution in [3.05, 3.63) is 64.7 Å². The highest BCUT2D eigenvalue weighted by atomic mass is 35.5. The first-order chi connectivity index (χ1) is 12.6. The lowest BCUT2D eigenvalue weighted by atomic mass is 9.96. The monoisotopic (exact) mass is 367 g/mol. The highest BCUT2D eigenvalue weighted by Crippen LogP contribution is 2.21. The molecule has 0 spiro atoms. The number of hydrogen-bond acceptors (Lipinski definition) is 3. The Morgan fingerprint density at radius 2 is 1.81 bits per heavy atom. The van der Waals surface area contributed by atoms with Crippen LogP contribution in [0.25, 0.3) is 0 Å². The van der Waals surface area contributed by atoms with Crippen molar-refractivity contribution in [3.63, 3.8) is 0 Å². The molecule has 26 heavy (non-hydrogen) atoms. The third kappa shape index (κ3) is 4.22. The van der Waals surface area contributed by atoms with Crippen LogP contribution in [0.4, 0.5) is 5.69 Å². The van der Waals surface area contributed by atoms with Gasteiger partial charge in [-0.3, -0.25) is 9.59 Å². The Labute approximate surface area is 157 Å². The first-order valence-electron chi connectivity index (χ1n) is 8.42. The molecule has 1 atom stereocenters. The number of hydrogen-bond donors (Lipinski definition) is 1. The summed E-state index contributed by atoms with van der Waals surface area (Å²) in [4.78, 5) is 26.9. The second kappa shape index (κ2) is 8.03. The van der Waals surface area contributed by atoms with Gasteiger partial charge in [0.1, 0.15) is 0 Å². The number of nitriles is 1. The fraction of sp³-hybridized carbons (Fsp3) is 0.250. The second-order valence-corrected chi connectivity index (χ2v) is 6.71. The minimum absolute atomic E-state index is 0.0856. The first-order valence-corrected chi connectivity index (χ1v) is 8.80. The van der Waals surface area contributed by atoms with Gasteiger partial charge in [-0.25, -0.2) is 0 Å². The first kappa shape index (κ1) is 18.0. The van der Waals surface area contributed by atoms with Gasteiger partial charge in [0, 0.05) is 29.4 Å². The SMILES string of the molecule is N#Cc1ccc(NC(=O)[C@H]2CCCN(C(=O)c3ccc(Cl)cc3)C2)cc1. The van der Waals surface area contributed by atoms with Gasteiger partial charge in [0.25, 0.3) is 5.91 Å². The van der Waals surface area contributed by atoms with Crippen molar-refractivity contribution < 1.29 is 9.59 Å². The molecule has 0 aliphatic carbocycles. The number of likely N-dealkylation sites (tertiary alicyclic amines) is 1. The normalized spacial score (nSPS) is 16.6. The summed E-state index contributed by atoms with van der Waals surface area (Å²) in [6.07, 6.45) is 1.53. The van der Waals surface area contributed by atoms with Crippen LogP contribution in [0, 0.1) is 17.2 Å². The fourth-order valence-corrected chi connectivity index (χ4v) is 3.15. The van der Waals surface area contributed by atoms with E-state index in [1.807, 2.05) is 6.07 Å². The van der Waals surface area contributed by atoms with E-state index in [0.29, 0.717) is 34.9 Å². The van der Waals surface area contributed by atoms with E-state index in [1.165, 1.54) is 0 Å². The summed E-state index contributed by atoms with van der Waals surface area (Å²) in [5.41, 5.74) is 1.76. The highest BCUT2D eigenvalue weighted by molar-refractivity contribution is 6.30. The minimum atomic E-state index is -0.254. The Balaban J connectivity index is 1.63. The summed E-state index contributed by atoms with van der Waals surface area (Å²) in [6, 6.07) is 15.5. The number of nitrogens with one attached hydrogen (secondary N) is 1. The largest absolute Gasteiger partial charge is 0.338 e. The molecule has 1 fully saturated rings. The number of nitrogens with zero attached hydrogens (tertiary/aromatic N) is 2. The number of piperidine rings is 1. The molecule has 132 valence electrons. The van der Waals surface area contributed by atoms with E-state index in [9.17, 15) is 9.59 Å². The quantitative estimate of drug-likeness (QED) is 0.898. The van der Waals surface area contributed by atoms with Crippen molar-refractivity contribution in [3.8, 4) is 6.07 Å². The molecule has 2 aromatic rings. The van der Waals surface area contributed by atoms with Crippen molar-refractivity contribution >= 4 is 29.1 Å². The third-order valence-electron chi connectivity index (χ3n) is 4.45. The molecule has 5 nitrogen and oxygen atoms in total. The minimum Gasteiger partial charge on any atom is -0.338 e. The lowest BCUT2D eigenvalue weighted by molar-refractivity contribution is -0.121. The molecule has 1 saturated heterocycles. The van der Waals surface area contributed by atoms with Gasteiger partial charge >= 0.3 is 0 Å². The molecule has 3 rings (SSSR count). The Morgan fingerprint density at radius 3 is 2.46 bits per heavy atom. The number of anilines is 1. The summed E-state index contributed by atoms with van der Waals surface area (Å²) in [6.45, 7) is 1.03. The molecule has 6 heteroatoms. The molecule has 0 radical (unpaired) electrons. The van der Waals surface area contributed by atoms with E-state index in [-0.39, 0.29) is 17.7 Å². The highest BCUT2D eigenvalue weighted by Gasteiger charge is 2.29. The second-order valence-electron chi connectivity index (χ2n) is 6.28. The molecule has 0 saturated carbocycles. The number of benzene rings is 2. The number of carbonyl (C=O) groups is 2. The molecule has 1 N–H and O–H groups in total. The van der Waals surface area contributed by atoms with Crippen molar-refractivity contribution in [1.82, 2.24) is 4.90 Å². The van der Waals surface area contributed by atoms with Crippen LogP contribution >= 0.6 is 11.6 Å². The number of amides is 2. The molecule has 0 unspecified atom stereocenters. The van der Waals surface area contributed by atoms with E-state index in [0.717, 1.165) is 12.8 Å². The Bertz CT molecular complexity index is 841. The number of rotatable bonds is 3. The molecule has 0 aromatic heterocycles. The van der Waals surface area contributed by atoms with Crippen molar-refractivity contribution in [2.75, 3.05) is 18.4 Å². The van der Waals surface area contributed by atoms with E-state index in [4.69, 9.17) is 16.9 Å². The third-order valence-corrected chi connectivity index (χ3v) is 4.70. The zero-order chi connectivity index (χ0) is 18.5. The zero-order valence-corrected chi connectivity index (χ0v) is 14.9. The molecule has 0 bridgehead atoms. The maximum atomic E-state index is 12.6. The summed E-state index contributed by atoms with van der Waals surface area (Å²) in [5.74, 6) is -0.448. The van der Waals surface area contributed by atoms with Gasteiger partial charge in [-0.2, -0.15) is 5.26 Å². The standard InChI is InChI=1S/C20H18ClN3O2/c21-17-7-5-15(6-8-17)20(26)24-11-1-2-16(13-24)19(25)23-18-9-3-14(12-22)4-10-18/h3-10,16H,1-2,11,13H2,(H,23,25)/t16-/m0/s1. The summed E-state index contributed by atoms with van der Waals surface area (Å²) < 4.78 is 0. The molecule has 1 aliphatic heterocycles. The van der Waals surface area contributed by atoms with Crippen molar-refractivity contribution in [2.24, 2.45) is 5.92 Å². The summed E-state index contributed by atoms with van der Waals surface area (Å²) >= 11 is 5.87. The Hall–Kier alpha value is -2.84. The molecule has 1 aliphatic rings. The van der Waals surface area contributed by atoms with Crippen LogP contribution in [0.2, 0.25) is 5.02 Å². The van der Waals surface area contributed by atoms with Gasteiger partial charge in [0.15, 0.2) is 0 Å². The molecule has 2 aromatic carbocycles. The van der Waals surface area contributed by atoms with Crippen LogP contribution in [0.5, 0.6) is 0 Å². The van der Waals surface area contributed by atoms with Gasteiger partial charge in [-0.15, -0.1) is 0 Å². The summed E-state index contributed by atoms with van der Waals surface area (Å²) in [5, 5.41) is 12.3. The van der Waals surface area contributed by atoms with Crippen LogP contribution in [0.1, 0.15) is 28.8 Å². The average Bonchev–Trinajstić information content (AvgIpc) is 2.68. The van der Waals surface area contributed by atoms with E-state index >= 15 is 0 Å². The van der Waals surface area contributed by atoms with Crippen LogP contribution in [0.3, 0.4) is 0 Å². The van der Waals surface area contributed by atoms with E-state index < -0.39 is 0 Å². The van der Waals surface area contributed by atoms with E-state index in [2.05, 4.69) is 5.32 Å². The van der Waals surface area contributed by atoms with Crippen molar-refractivity contribution in [1.29, 1.82) is 5.26 Å². The lowest BCUT2D eigenvalue weighted by Crippen LogP contribution is -2.43. The smallest absolute Gasteiger partial charge is 0.253 e. The maximum absolute atomic E-state index is 12.6. The van der Waals surface area contributed by atoms with Gasteiger partial charge < -0.3 is 10.2 Å². The van der Waals surface area contributed by atoms with Crippen LogP contribution in [0.15, 0.2) is 48.5 Å². The molecular formula is C20H18ClN3O2. The zero-order valence-electron chi connectivity index (χ0n) is 14.1. The van der Waals surface area contributed by atoms with Gasteiger partial charge in [-0.05, 0) is 61.4 Å². The lowest BCUT2D eigenvalue weighted by Gasteiger charge is -2.32. The van der Waals surface area contributed by atoms with Gasteiger partial charge in [0.2, 0.25) is 5.91 Å².